The minimum absolute atomic E-state index is 0.172. The normalized spacial score (nSPS) is 25.8. The Morgan fingerprint density at radius 2 is 2.35 bits per heavy atom. The van der Waals surface area contributed by atoms with Gasteiger partial charge in [-0.05, 0) is 37.6 Å². The molecule has 0 saturated carbocycles. The smallest absolute Gasteiger partial charge is 0.0591 e. The highest BCUT2D eigenvalue weighted by Crippen LogP contribution is 2.21. The van der Waals surface area contributed by atoms with Crippen LogP contribution in [0.4, 0.5) is 5.69 Å². The standard InChI is InChI=1S/C13H20ClN3/c1-2-17-7-6-12(9-13(17)15)16-11-5-3-4-10(14)8-11/h3-5,8,12-13,16H,2,6-7,9,15H2,1H3. The van der Waals surface area contributed by atoms with Crippen LogP contribution < -0.4 is 11.1 Å². The molecule has 94 valence electrons. The van der Waals surface area contributed by atoms with Gasteiger partial charge in [0.05, 0.1) is 6.17 Å². The average molecular weight is 254 g/mol. The van der Waals surface area contributed by atoms with Crippen LogP contribution in [0.15, 0.2) is 24.3 Å². The molecular weight excluding hydrogens is 234 g/mol. The van der Waals surface area contributed by atoms with Crippen molar-refractivity contribution in [2.45, 2.75) is 32.0 Å². The third kappa shape index (κ3) is 3.35. The molecular formula is C13H20ClN3. The fraction of sp³-hybridized carbons (Fsp3) is 0.538. The molecule has 0 radical (unpaired) electrons. The summed E-state index contributed by atoms with van der Waals surface area (Å²) in [6, 6.07) is 8.30. The van der Waals surface area contributed by atoms with E-state index < -0.39 is 0 Å². The van der Waals surface area contributed by atoms with Gasteiger partial charge in [-0.3, -0.25) is 4.90 Å². The van der Waals surface area contributed by atoms with Gasteiger partial charge >= 0.3 is 0 Å². The Kier molecular flexibility index (Phi) is 4.26. The number of anilines is 1. The van der Waals surface area contributed by atoms with E-state index in [0.29, 0.717) is 6.04 Å². The van der Waals surface area contributed by atoms with Crippen molar-refractivity contribution in [3.05, 3.63) is 29.3 Å². The van der Waals surface area contributed by atoms with E-state index in [1.807, 2.05) is 24.3 Å². The van der Waals surface area contributed by atoms with E-state index in [0.717, 1.165) is 36.6 Å². The Morgan fingerprint density at radius 1 is 1.53 bits per heavy atom. The zero-order chi connectivity index (χ0) is 12.3. The van der Waals surface area contributed by atoms with Crippen LogP contribution in [-0.4, -0.2) is 30.2 Å². The fourth-order valence-electron chi connectivity index (χ4n) is 2.38. The SMILES string of the molecule is CCN1CCC(Nc2cccc(Cl)c2)CC1N. The predicted octanol–water partition coefficient (Wildman–Crippen LogP) is 2.52. The number of piperidine rings is 1. The van der Waals surface area contributed by atoms with E-state index in [9.17, 15) is 0 Å². The van der Waals surface area contributed by atoms with Crippen LogP contribution in [0.1, 0.15) is 19.8 Å². The van der Waals surface area contributed by atoms with Gasteiger partial charge in [0, 0.05) is 23.3 Å². The molecule has 0 bridgehead atoms. The highest BCUT2D eigenvalue weighted by atomic mass is 35.5. The summed E-state index contributed by atoms with van der Waals surface area (Å²) >= 11 is 5.96. The van der Waals surface area contributed by atoms with E-state index in [4.69, 9.17) is 17.3 Å². The summed E-state index contributed by atoms with van der Waals surface area (Å²) in [6.07, 6.45) is 2.29. The van der Waals surface area contributed by atoms with Crippen LogP contribution in [0.5, 0.6) is 0 Å². The molecule has 0 amide bonds. The summed E-state index contributed by atoms with van der Waals surface area (Å²) in [4.78, 5) is 2.32. The average Bonchev–Trinajstić information content (AvgIpc) is 2.29. The number of rotatable bonds is 3. The third-order valence-corrected chi connectivity index (χ3v) is 3.60. The Hall–Kier alpha value is -0.770. The first-order valence-electron chi connectivity index (χ1n) is 6.20. The molecule has 1 aliphatic heterocycles. The van der Waals surface area contributed by atoms with Crippen LogP contribution >= 0.6 is 11.6 Å². The fourth-order valence-corrected chi connectivity index (χ4v) is 2.57. The molecule has 1 saturated heterocycles. The van der Waals surface area contributed by atoms with Crippen molar-refractivity contribution in [3.8, 4) is 0 Å². The zero-order valence-corrected chi connectivity index (χ0v) is 11.0. The lowest BCUT2D eigenvalue weighted by Gasteiger charge is -2.37. The Morgan fingerprint density at radius 3 is 3.00 bits per heavy atom. The quantitative estimate of drug-likeness (QED) is 0.870. The van der Waals surface area contributed by atoms with E-state index in [2.05, 4.69) is 17.1 Å². The van der Waals surface area contributed by atoms with E-state index in [1.54, 1.807) is 0 Å². The monoisotopic (exact) mass is 253 g/mol. The first-order chi connectivity index (χ1) is 8.19. The second-order valence-corrected chi connectivity index (χ2v) is 5.01. The first-order valence-corrected chi connectivity index (χ1v) is 6.58. The molecule has 1 aromatic rings. The molecule has 2 rings (SSSR count). The molecule has 0 spiro atoms. The molecule has 0 aliphatic carbocycles. The summed E-state index contributed by atoms with van der Waals surface area (Å²) in [7, 11) is 0. The van der Waals surface area contributed by atoms with Crippen molar-refractivity contribution in [3.63, 3.8) is 0 Å². The second kappa shape index (κ2) is 5.71. The molecule has 3 N–H and O–H groups in total. The topological polar surface area (TPSA) is 41.3 Å². The molecule has 4 heteroatoms. The molecule has 1 fully saturated rings. The predicted molar refractivity (Wildman–Crippen MR) is 73.3 cm³/mol. The van der Waals surface area contributed by atoms with Crippen LogP contribution in [0.25, 0.3) is 0 Å². The van der Waals surface area contributed by atoms with Gasteiger partial charge < -0.3 is 11.1 Å². The Bertz CT molecular complexity index is 369. The van der Waals surface area contributed by atoms with E-state index in [1.165, 1.54) is 0 Å². The number of nitrogens with one attached hydrogen (secondary N) is 1. The van der Waals surface area contributed by atoms with Gasteiger partial charge in [0.1, 0.15) is 0 Å². The van der Waals surface area contributed by atoms with Crippen molar-refractivity contribution >= 4 is 17.3 Å². The van der Waals surface area contributed by atoms with Gasteiger partial charge in [-0.2, -0.15) is 0 Å². The van der Waals surface area contributed by atoms with Crippen LogP contribution in [0.2, 0.25) is 5.02 Å². The van der Waals surface area contributed by atoms with Crippen molar-refractivity contribution in [1.29, 1.82) is 0 Å². The number of hydrogen-bond acceptors (Lipinski definition) is 3. The summed E-state index contributed by atoms with van der Waals surface area (Å²) in [5.74, 6) is 0. The lowest BCUT2D eigenvalue weighted by atomic mass is 10.0. The number of likely N-dealkylation sites (tertiary alicyclic amines) is 1. The maximum absolute atomic E-state index is 6.12. The Labute approximate surface area is 108 Å². The summed E-state index contributed by atoms with van der Waals surface area (Å²) < 4.78 is 0. The van der Waals surface area contributed by atoms with Crippen molar-refractivity contribution in [1.82, 2.24) is 4.90 Å². The number of nitrogens with zero attached hydrogens (tertiary/aromatic N) is 1. The highest BCUT2D eigenvalue weighted by molar-refractivity contribution is 6.30. The van der Waals surface area contributed by atoms with Gasteiger partial charge in [-0.1, -0.05) is 24.6 Å². The molecule has 3 nitrogen and oxygen atoms in total. The first kappa shape index (κ1) is 12.7. The number of halogens is 1. The van der Waals surface area contributed by atoms with Crippen molar-refractivity contribution in [2.24, 2.45) is 5.73 Å². The molecule has 1 heterocycles. The lowest BCUT2D eigenvalue weighted by molar-refractivity contribution is 0.152. The van der Waals surface area contributed by atoms with Crippen molar-refractivity contribution < 1.29 is 0 Å². The summed E-state index contributed by atoms with van der Waals surface area (Å²) in [6.45, 7) is 4.26. The highest BCUT2D eigenvalue weighted by Gasteiger charge is 2.24. The van der Waals surface area contributed by atoms with E-state index >= 15 is 0 Å². The number of nitrogens with two attached hydrogens (primary N) is 1. The van der Waals surface area contributed by atoms with Crippen LogP contribution in [0, 0.1) is 0 Å². The number of hydrogen-bond donors (Lipinski definition) is 2. The van der Waals surface area contributed by atoms with Crippen LogP contribution in [-0.2, 0) is 0 Å². The zero-order valence-electron chi connectivity index (χ0n) is 10.2. The van der Waals surface area contributed by atoms with Crippen molar-refractivity contribution in [2.75, 3.05) is 18.4 Å². The molecule has 0 aromatic heterocycles. The molecule has 17 heavy (non-hydrogen) atoms. The Balaban J connectivity index is 1.93. The van der Waals surface area contributed by atoms with Gasteiger partial charge in [0.15, 0.2) is 0 Å². The van der Waals surface area contributed by atoms with Gasteiger partial charge in [-0.25, -0.2) is 0 Å². The molecule has 2 atom stereocenters. The van der Waals surface area contributed by atoms with Gasteiger partial charge in [0.25, 0.3) is 0 Å². The molecule has 2 unspecified atom stereocenters. The lowest BCUT2D eigenvalue weighted by Crippen LogP contribution is -2.50. The minimum atomic E-state index is 0.172. The second-order valence-electron chi connectivity index (χ2n) is 4.57. The molecule has 1 aromatic carbocycles. The summed E-state index contributed by atoms with van der Waals surface area (Å²) in [5, 5.41) is 4.27. The maximum Gasteiger partial charge on any atom is 0.0591 e. The largest absolute Gasteiger partial charge is 0.382 e. The minimum Gasteiger partial charge on any atom is -0.382 e. The third-order valence-electron chi connectivity index (χ3n) is 3.36. The number of benzene rings is 1. The summed E-state index contributed by atoms with van der Waals surface area (Å²) in [5.41, 5.74) is 7.21. The maximum atomic E-state index is 6.12. The van der Waals surface area contributed by atoms with Gasteiger partial charge in [0.2, 0.25) is 0 Å². The van der Waals surface area contributed by atoms with Crippen LogP contribution in [0.3, 0.4) is 0 Å². The molecule has 1 aliphatic rings. The van der Waals surface area contributed by atoms with Gasteiger partial charge in [-0.15, -0.1) is 0 Å². The van der Waals surface area contributed by atoms with E-state index in [-0.39, 0.29) is 6.17 Å².